The number of fused-ring (bicyclic) bond motifs is 6. The summed E-state index contributed by atoms with van der Waals surface area (Å²) in [5.74, 6) is 0.686. The van der Waals surface area contributed by atoms with Crippen LogP contribution in [-0.4, -0.2) is 9.97 Å². The zero-order valence-electron chi connectivity index (χ0n) is 30.9. The van der Waals surface area contributed by atoms with Crippen LogP contribution in [0.4, 0.5) is 0 Å². The van der Waals surface area contributed by atoms with Gasteiger partial charge in [0.1, 0.15) is 11.2 Å². The number of furan rings is 1. The molecule has 0 aliphatic rings. The molecule has 0 amide bonds. The lowest BCUT2D eigenvalue weighted by Gasteiger charge is -2.15. The average molecular weight is 727 g/mol. The van der Waals surface area contributed by atoms with E-state index in [1.54, 1.807) is 0 Å². The molecule has 0 saturated heterocycles. The molecule has 0 atom stereocenters. The molecule has 2 heterocycles. The summed E-state index contributed by atoms with van der Waals surface area (Å²) in [4.78, 5) is 10.6. The van der Waals surface area contributed by atoms with Crippen molar-refractivity contribution >= 4 is 43.5 Å². The van der Waals surface area contributed by atoms with Gasteiger partial charge in [-0.05, 0) is 103 Å². The zero-order valence-corrected chi connectivity index (χ0v) is 30.9. The van der Waals surface area contributed by atoms with Crippen molar-refractivity contribution in [3.05, 3.63) is 206 Å². The maximum absolute atomic E-state index is 6.23. The van der Waals surface area contributed by atoms with Gasteiger partial charge in [0.05, 0.1) is 11.4 Å². The first kappa shape index (κ1) is 32.8. The van der Waals surface area contributed by atoms with Crippen molar-refractivity contribution < 1.29 is 4.42 Å². The highest BCUT2D eigenvalue weighted by Gasteiger charge is 2.17. The van der Waals surface area contributed by atoms with Crippen LogP contribution in [0, 0.1) is 0 Å². The largest absolute Gasteiger partial charge is 0.456 e. The summed E-state index contributed by atoms with van der Waals surface area (Å²) in [5.41, 5.74) is 13.4. The summed E-state index contributed by atoms with van der Waals surface area (Å²) in [7, 11) is 0. The molecule has 0 bridgehead atoms. The van der Waals surface area contributed by atoms with Crippen molar-refractivity contribution in [2.45, 2.75) is 0 Å². The number of hydrogen-bond donors (Lipinski definition) is 0. The van der Waals surface area contributed by atoms with E-state index in [-0.39, 0.29) is 0 Å². The van der Waals surface area contributed by atoms with Crippen molar-refractivity contribution in [2.24, 2.45) is 0 Å². The molecule has 0 saturated carbocycles. The van der Waals surface area contributed by atoms with Crippen molar-refractivity contribution in [3.8, 4) is 67.3 Å². The second-order valence-corrected chi connectivity index (χ2v) is 14.6. The van der Waals surface area contributed by atoms with Crippen molar-refractivity contribution in [1.29, 1.82) is 0 Å². The number of hydrogen-bond acceptors (Lipinski definition) is 3. The third-order valence-corrected chi connectivity index (χ3v) is 11.1. The standard InChI is InChI=1S/C54H34N2O/c1-3-13-35(14-4-1)36-23-25-37(26-24-36)41-29-42(39-27-28-53-49(32-39)47-21-11-12-22-52(47)57-53)31-43(30-41)50-34-51(56-54(55-50)38-15-5-2-6-16-38)48-33-40-17-7-8-18-44(40)45-19-9-10-20-46(45)48/h1-34H. The Morgan fingerprint density at radius 3 is 1.58 bits per heavy atom. The molecule has 3 heteroatoms. The lowest BCUT2D eigenvalue weighted by molar-refractivity contribution is 0.669. The van der Waals surface area contributed by atoms with Crippen LogP contribution >= 0.6 is 0 Å². The lowest BCUT2D eigenvalue weighted by Crippen LogP contribution is -1.97. The van der Waals surface area contributed by atoms with E-state index in [4.69, 9.17) is 14.4 Å². The van der Waals surface area contributed by atoms with Gasteiger partial charge in [-0.1, -0.05) is 158 Å². The van der Waals surface area contributed by atoms with Gasteiger partial charge >= 0.3 is 0 Å². The maximum atomic E-state index is 6.23. The normalized spacial score (nSPS) is 11.5. The van der Waals surface area contributed by atoms with Gasteiger partial charge in [0.2, 0.25) is 0 Å². The average Bonchev–Trinajstić information content (AvgIpc) is 3.67. The molecule has 0 aliphatic heterocycles. The minimum absolute atomic E-state index is 0.686. The first-order valence-corrected chi connectivity index (χ1v) is 19.3. The molecule has 0 unspecified atom stereocenters. The van der Waals surface area contributed by atoms with E-state index in [0.29, 0.717) is 5.82 Å². The van der Waals surface area contributed by atoms with Crippen molar-refractivity contribution in [2.75, 3.05) is 0 Å². The summed E-state index contributed by atoms with van der Waals surface area (Å²) < 4.78 is 6.23. The smallest absolute Gasteiger partial charge is 0.160 e. The fourth-order valence-corrected chi connectivity index (χ4v) is 8.22. The maximum Gasteiger partial charge on any atom is 0.160 e. The number of para-hydroxylation sites is 1. The predicted molar refractivity (Wildman–Crippen MR) is 237 cm³/mol. The Hall–Kier alpha value is -7.62. The van der Waals surface area contributed by atoms with Gasteiger partial charge in [0.25, 0.3) is 0 Å². The molecule has 0 N–H and O–H groups in total. The summed E-state index contributed by atoms with van der Waals surface area (Å²) in [6.07, 6.45) is 0. The Labute approximate surface area is 330 Å². The second kappa shape index (κ2) is 13.6. The van der Waals surface area contributed by atoms with E-state index < -0.39 is 0 Å². The Morgan fingerprint density at radius 1 is 0.281 bits per heavy atom. The Bertz CT molecular complexity index is 3270. The summed E-state index contributed by atoms with van der Waals surface area (Å²) >= 11 is 0. The molecular formula is C54H34N2O. The molecule has 0 radical (unpaired) electrons. The Kier molecular flexibility index (Phi) is 7.82. The number of benzene rings is 9. The molecule has 2 aromatic heterocycles. The van der Waals surface area contributed by atoms with Gasteiger partial charge in [0, 0.05) is 27.5 Å². The van der Waals surface area contributed by atoms with Crippen LogP contribution in [0.15, 0.2) is 211 Å². The van der Waals surface area contributed by atoms with E-state index in [0.717, 1.165) is 77.7 Å². The first-order valence-electron chi connectivity index (χ1n) is 19.3. The highest BCUT2D eigenvalue weighted by molar-refractivity contribution is 6.13. The van der Waals surface area contributed by atoms with Gasteiger partial charge in [-0.15, -0.1) is 0 Å². The van der Waals surface area contributed by atoms with Gasteiger partial charge in [-0.2, -0.15) is 0 Å². The van der Waals surface area contributed by atoms with E-state index in [1.165, 1.54) is 27.3 Å². The van der Waals surface area contributed by atoms with E-state index in [1.807, 2.05) is 30.3 Å². The van der Waals surface area contributed by atoms with Crippen LogP contribution in [0.2, 0.25) is 0 Å². The number of aromatic nitrogens is 2. The number of nitrogens with zero attached hydrogens (tertiary/aromatic N) is 2. The molecule has 11 rings (SSSR count). The number of rotatable bonds is 6. The molecule has 11 aromatic rings. The fourth-order valence-electron chi connectivity index (χ4n) is 8.22. The minimum atomic E-state index is 0.686. The van der Waals surface area contributed by atoms with Crippen LogP contribution < -0.4 is 0 Å². The van der Waals surface area contributed by atoms with Crippen molar-refractivity contribution in [1.82, 2.24) is 9.97 Å². The van der Waals surface area contributed by atoms with Gasteiger partial charge < -0.3 is 4.42 Å². The Balaban J connectivity index is 1.14. The topological polar surface area (TPSA) is 38.9 Å². The van der Waals surface area contributed by atoms with Gasteiger partial charge in [-0.25, -0.2) is 9.97 Å². The van der Waals surface area contributed by atoms with E-state index in [9.17, 15) is 0 Å². The molecule has 3 nitrogen and oxygen atoms in total. The van der Waals surface area contributed by atoms with Gasteiger partial charge in [-0.3, -0.25) is 0 Å². The van der Waals surface area contributed by atoms with Crippen LogP contribution in [0.25, 0.3) is 111 Å². The second-order valence-electron chi connectivity index (χ2n) is 14.6. The SMILES string of the molecule is c1ccc(-c2ccc(-c3cc(-c4ccc5oc6ccccc6c5c4)cc(-c4cc(-c5cc6ccccc6c6ccccc56)nc(-c5ccccc5)n4)c3)cc2)cc1. The fraction of sp³-hybridized carbons (Fsp3) is 0. The predicted octanol–water partition coefficient (Wildman–Crippen LogP) is 14.7. The zero-order chi connectivity index (χ0) is 37.7. The molecule has 0 aliphatic carbocycles. The summed E-state index contributed by atoms with van der Waals surface area (Å²) in [6.45, 7) is 0. The molecule has 0 spiro atoms. The monoisotopic (exact) mass is 726 g/mol. The van der Waals surface area contributed by atoms with Crippen LogP contribution in [0.3, 0.4) is 0 Å². The highest BCUT2D eigenvalue weighted by atomic mass is 16.3. The third kappa shape index (κ3) is 5.94. The van der Waals surface area contributed by atoms with Gasteiger partial charge in [0.15, 0.2) is 5.82 Å². The molecule has 0 fully saturated rings. The molecule has 57 heavy (non-hydrogen) atoms. The molecular weight excluding hydrogens is 693 g/mol. The van der Waals surface area contributed by atoms with Crippen LogP contribution in [0.5, 0.6) is 0 Å². The third-order valence-electron chi connectivity index (χ3n) is 11.1. The minimum Gasteiger partial charge on any atom is -0.456 e. The summed E-state index contributed by atoms with van der Waals surface area (Å²) in [5, 5.41) is 6.98. The van der Waals surface area contributed by atoms with Crippen LogP contribution in [0.1, 0.15) is 0 Å². The summed E-state index contributed by atoms with van der Waals surface area (Å²) in [6, 6.07) is 72.9. The lowest BCUT2D eigenvalue weighted by atomic mass is 9.92. The Morgan fingerprint density at radius 2 is 0.807 bits per heavy atom. The molecule has 9 aromatic carbocycles. The quantitative estimate of drug-likeness (QED) is 0.160. The van der Waals surface area contributed by atoms with E-state index in [2.05, 4.69) is 176 Å². The van der Waals surface area contributed by atoms with Crippen molar-refractivity contribution in [3.63, 3.8) is 0 Å². The highest BCUT2D eigenvalue weighted by Crippen LogP contribution is 2.40. The molecule has 266 valence electrons. The van der Waals surface area contributed by atoms with E-state index >= 15 is 0 Å². The first-order chi connectivity index (χ1) is 28.2. The van der Waals surface area contributed by atoms with Crippen LogP contribution in [-0.2, 0) is 0 Å².